The highest BCUT2D eigenvalue weighted by Gasteiger charge is 2.22. The molecule has 0 fully saturated rings. The molecule has 0 aromatic rings. The van der Waals surface area contributed by atoms with Crippen molar-refractivity contribution in [2.24, 2.45) is 0 Å². The van der Waals surface area contributed by atoms with Crippen molar-refractivity contribution in [1.29, 1.82) is 0 Å². The SMILES string of the molecule is C.CCCCCCCCCCCC[N+](C)(C)CC[N+](C)(C)CCCCCCCCCCCC. The molecule has 33 heavy (non-hydrogen) atoms. The number of nitrogens with zero attached hydrogens (tertiary/aromatic N) is 2. The number of hydrogen-bond acceptors (Lipinski definition) is 0. The largest absolute Gasteiger partial charge is 0.324 e. The van der Waals surface area contributed by atoms with Crippen LogP contribution in [0.4, 0.5) is 0 Å². The summed E-state index contributed by atoms with van der Waals surface area (Å²) in [5, 5.41) is 0. The lowest BCUT2D eigenvalue weighted by molar-refractivity contribution is -0.946. The van der Waals surface area contributed by atoms with Gasteiger partial charge in [-0.25, -0.2) is 0 Å². The molecule has 0 aliphatic heterocycles. The van der Waals surface area contributed by atoms with Crippen LogP contribution in [0.15, 0.2) is 0 Å². The fraction of sp³-hybridized carbons (Fsp3) is 1.00. The van der Waals surface area contributed by atoms with Crippen LogP contribution in [-0.2, 0) is 0 Å². The molecular weight excluding hydrogens is 400 g/mol. The van der Waals surface area contributed by atoms with Crippen LogP contribution in [0.3, 0.4) is 0 Å². The van der Waals surface area contributed by atoms with Crippen LogP contribution in [0.25, 0.3) is 0 Å². The van der Waals surface area contributed by atoms with E-state index < -0.39 is 0 Å². The molecule has 0 rings (SSSR count). The minimum Gasteiger partial charge on any atom is -0.324 e. The quantitative estimate of drug-likeness (QED) is 0.0920. The van der Waals surface area contributed by atoms with E-state index in [1.807, 2.05) is 0 Å². The van der Waals surface area contributed by atoms with Gasteiger partial charge in [0.1, 0.15) is 13.1 Å². The first-order valence-corrected chi connectivity index (χ1v) is 15.0. The predicted octanol–water partition coefficient (Wildman–Crippen LogP) is 9.62. The number of quaternary nitrogens is 2. The van der Waals surface area contributed by atoms with E-state index in [1.54, 1.807) is 0 Å². The fourth-order valence-corrected chi connectivity index (χ4v) is 4.82. The lowest BCUT2D eigenvalue weighted by Crippen LogP contribution is -2.51. The van der Waals surface area contributed by atoms with Gasteiger partial charge >= 0.3 is 0 Å². The zero-order valence-electron chi connectivity index (χ0n) is 23.9. The maximum atomic E-state index is 2.45. The lowest BCUT2D eigenvalue weighted by atomic mass is 10.1. The minimum atomic E-state index is 0. The number of rotatable bonds is 25. The molecule has 0 saturated carbocycles. The van der Waals surface area contributed by atoms with E-state index in [0.717, 1.165) is 0 Å². The van der Waals surface area contributed by atoms with Gasteiger partial charge in [-0.05, 0) is 25.7 Å². The van der Waals surface area contributed by atoms with E-state index in [9.17, 15) is 0 Å². The Labute approximate surface area is 213 Å². The minimum absolute atomic E-state index is 0. The monoisotopic (exact) mass is 471 g/mol. The van der Waals surface area contributed by atoms with Crippen molar-refractivity contribution in [1.82, 2.24) is 0 Å². The maximum Gasteiger partial charge on any atom is 0.128 e. The lowest BCUT2D eigenvalue weighted by Gasteiger charge is -2.36. The van der Waals surface area contributed by atoms with Gasteiger partial charge in [0.2, 0.25) is 0 Å². The van der Waals surface area contributed by atoms with Crippen LogP contribution in [-0.4, -0.2) is 63.3 Å². The van der Waals surface area contributed by atoms with E-state index in [1.165, 1.54) is 164 Å². The Balaban J connectivity index is 0. The van der Waals surface area contributed by atoms with Crippen LogP contribution in [0.2, 0.25) is 0 Å². The third-order valence-corrected chi connectivity index (χ3v) is 7.54. The van der Waals surface area contributed by atoms with Crippen molar-refractivity contribution in [3.05, 3.63) is 0 Å². The summed E-state index contributed by atoms with van der Waals surface area (Å²) >= 11 is 0. The third-order valence-electron chi connectivity index (χ3n) is 7.54. The molecule has 0 unspecified atom stereocenters. The Morgan fingerprint density at radius 1 is 0.303 bits per heavy atom. The zero-order valence-corrected chi connectivity index (χ0v) is 23.9. The van der Waals surface area contributed by atoms with Crippen LogP contribution in [0.1, 0.15) is 150 Å². The topological polar surface area (TPSA) is 0 Å². The normalized spacial score (nSPS) is 12.2. The maximum absolute atomic E-state index is 2.45. The van der Waals surface area contributed by atoms with Crippen LogP contribution in [0, 0.1) is 0 Å². The van der Waals surface area contributed by atoms with Crippen LogP contribution < -0.4 is 0 Å². The van der Waals surface area contributed by atoms with E-state index >= 15 is 0 Å². The molecule has 0 aromatic carbocycles. The molecule has 202 valence electrons. The molecule has 0 N–H and O–H groups in total. The second kappa shape index (κ2) is 23.7. The summed E-state index contributed by atoms with van der Waals surface area (Å²) in [7, 11) is 9.81. The first-order valence-electron chi connectivity index (χ1n) is 15.0. The van der Waals surface area contributed by atoms with Crippen molar-refractivity contribution in [3.8, 4) is 0 Å². The van der Waals surface area contributed by atoms with Crippen molar-refractivity contribution in [2.75, 3.05) is 54.4 Å². The summed E-state index contributed by atoms with van der Waals surface area (Å²) in [5.41, 5.74) is 0. The van der Waals surface area contributed by atoms with E-state index in [2.05, 4.69) is 42.0 Å². The molecule has 0 spiro atoms. The standard InChI is InChI=1S/C30H66N2.CH4/c1-7-9-11-13-15-17-19-21-23-25-27-31(3,4)29-30-32(5,6)28-26-24-22-20-18-16-14-12-10-8-2;/h7-30H2,1-6H3;1H4/q+2;. The van der Waals surface area contributed by atoms with Crippen molar-refractivity contribution < 1.29 is 8.97 Å². The summed E-state index contributed by atoms with van der Waals surface area (Å²) in [6.45, 7) is 9.96. The van der Waals surface area contributed by atoms with Gasteiger partial charge < -0.3 is 8.97 Å². The smallest absolute Gasteiger partial charge is 0.128 e. The second-order valence-corrected chi connectivity index (χ2v) is 12.1. The highest BCUT2D eigenvalue weighted by atomic mass is 15.4. The van der Waals surface area contributed by atoms with Crippen molar-refractivity contribution >= 4 is 0 Å². The first kappa shape index (κ1) is 35.1. The molecule has 0 aliphatic carbocycles. The van der Waals surface area contributed by atoms with Gasteiger partial charge in [-0.3, -0.25) is 0 Å². The van der Waals surface area contributed by atoms with Crippen molar-refractivity contribution in [2.45, 2.75) is 150 Å². The Kier molecular flexibility index (Phi) is 25.1. The molecule has 0 aliphatic rings. The summed E-state index contributed by atoms with van der Waals surface area (Å²) in [4.78, 5) is 0. The summed E-state index contributed by atoms with van der Waals surface area (Å²) in [6.07, 6.45) is 28.8. The van der Waals surface area contributed by atoms with Gasteiger partial charge in [-0.15, -0.1) is 0 Å². The molecule has 2 heteroatoms. The molecule has 0 aromatic heterocycles. The predicted molar refractivity (Wildman–Crippen MR) is 154 cm³/mol. The van der Waals surface area contributed by atoms with E-state index in [4.69, 9.17) is 0 Å². The van der Waals surface area contributed by atoms with Gasteiger partial charge in [0.05, 0.1) is 41.3 Å². The van der Waals surface area contributed by atoms with Gasteiger partial charge in [0, 0.05) is 0 Å². The summed E-state index contributed by atoms with van der Waals surface area (Å²) in [5.74, 6) is 0. The average molecular weight is 471 g/mol. The number of hydrogen-bond donors (Lipinski definition) is 0. The number of likely N-dealkylation sites (N-methyl/N-ethyl adjacent to an activating group) is 2. The number of unbranched alkanes of at least 4 members (excludes halogenated alkanes) is 18. The Bertz CT molecular complexity index is 339. The van der Waals surface area contributed by atoms with Crippen LogP contribution >= 0.6 is 0 Å². The third kappa shape index (κ3) is 26.4. The van der Waals surface area contributed by atoms with Gasteiger partial charge in [0.15, 0.2) is 0 Å². The molecule has 0 atom stereocenters. The van der Waals surface area contributed by atoms with Gasteiger partial charge in [0.25, 0.3) is 0 Å². The Hall–Kier alpha value is -0.0800. The average Bonchev–Trinajstić information content (AvgIpc) is 2.75. The Morgan fingerprint density at radius 2 is 0.515 bits per heavy atom. The van der Waals surface area contributed by atoms with E-state index in [-0.39, 0.29) is 7.43 Å². The Morgan fingerprint density at radius 3 is 0.758 bits per heavy atom. The second-order valence-electron chi connectivity index (χ2n) is 12.1. The molecule has 0 saturated heterocycles. The molecule has 0 bridgehead atoms. The summed E-state index contributed by atoms with van der Waals surface area (Å²) in [6, 6.07) is 0. The first-order chi connectivity index (χ1) is 15.3. The fourth-order valence-electron chi connectivity index (χ4n) is 4.82. The molecular formula is C31H70N2+2. The molecule has 0 amide bonds. The highest BCUT2D eigenvalue weighted by Crippen LogP contribution is 2.14. The van der Waals surface area contributed by atoms with Gasteiger partial charge in [-0.1, -0.05) is 124 Å². The van der Waals surface area contributed by atoms with Crippen molar-refractivity contribution in [3.63, 3.8) is 0 Å². The van der Waals surface area contributed by atoms with Gasteiger partial charge in [-0.2, -0.15) is 0 Å². The summed E-state index contributed by atoms with van der Waals surface area (Å²) < 4.78 is 2.41. The van der Waals surface area contributed by atoms with Crippen LogP contribution in [0.5, 0.6) is 0 Å². The zero-order chi connectivity index (χ0) is 24.0. The highest BCUT2D eigenvalue weighted by molar-refractivity contribution is 4.49. The molecule has 0 heterocycles. The van der Waals surface area contributed by atoms with E-state index in [0.29, 0.717) is 0 Å². The molecule has 2 nitrogen and oxygen atoms in total. The molecule has 0 radical (unpaired) electrons.